The Labute approximate surface area is 113 Å². The van der Waals surface area contributed by atoms with Crippen LogP contribution in [0.15, 0.2) is 46.9 Å². The molecule has 0 saturated carbocycles. The van der Waals surface area contributed by atoms with Crippen molar-refractivity contribution in [2.24, 2.45) is 0 Å². The normalized spacial score (nSPS) is 10.4. The maximum Gasteiger partial charge on any atom is 0.145 e. The Morgan fingerprint density at radius 1 is 1.06 bits per heavy atom. The smallest absolute Gasteiger partial charge is 0.145 e. The molecule has 0 aliphatic rings. The highest BCUT2D eigenvalue weighted by Crippen LogP contribution is 2.24. The Balaban J connectivity index is 2.27. The highest BCUT2D eigenvalue weighted by atomic mass is 79.9. The van der Waals surface area contributed by atoms with Gasteiger partial charge in [-0.25, -0.2) is 8.78 Å². The van der Waals surface area contributed by atoms with Crippen molar-refractivity contribution in [1.29, 1.82) is 0 Å². The zero-order valence-electron chi connectivity index (χ0n) is 9.83. The summed E-state index contributed by atoms with van der Waals surface area (Å²) in [6, 6.07) is 12.1. The van der Waals surface area contributed by atoms with E-state index in [0.29, 0.717) is 0 Å². The lowest BCUT2D eigenvalue weighted by Gasteiger charge is -2.20. The molecular formula is C14H12BrF2N. The molecule has 2 aromatic carbocycles. The fourth-order valence-corrected chi connectivity index (χ4v) is 2.10. The topological polar surface area (TPSA) is 3.24 Å². The van der Waals surface area contributed by atoms with Crippen LogP contribution < -0.4 is 4.90 Å². The Morgan fingerprint density at radius 3 is 2.39 bits per heavy atom. The number of benzene rings is 2. The molecule has 1 nitrogen and oxygen atoms in total. The maximum atomic E-state index is 13.8. The van der Waals surface area contributed by atoms with Crippen molar-refractivity contribution in [1.82, 2.24) is 0 Å². The zero-order valence-corrected chi connectivity index (χ0v) is 11.4. The van der Waals surface area contributed by atoms with Gasteiger partial charge in [0.2, 0.25) is 0 Å². The molecule has 0 aromatic heterocycles. The summed E-state index contributed by atoms with van der Waals surface area (Å²) in [5.74, 6) is -1.07. The Hall–Kier alpha value is -1.42. The predicted molar refractivity (Wildman–Crippen MR) is 72.6 cm³/mol. The molecule has 2 rings (SSSR count). The molecule has 0 fully saturated rings. The Bertz CT molecular complexity index is 543. The van der Waals surface area contributed by atoms with Crippen LogP contribution >= 0.6 is 15.9 Å². The lowest BCUT2D eigenvalue weighted by Crippen LogP contribution is -2.18. The van der Waals surface area contributed by atoms with E-state index in [0.717, 1.165) is 5.69 Å². The first kappa shape index (κ1) is 13.0. The van der Waals surface area contributed by atoms with Gasteiger partial charge in [-0.3, -0.25) is 0 Å². The van der Waals surface area contributed by atoms with Gasteiger partial charge in [-0.1, -0.05) is 18.2 Å². The molecule has 0 spiro atoms. The van der Waals surface area contributed by atoms with Crippen molar-refractivity contribution < 1.29 is 8.78 Å². The number of hydrogen-bond acceptors (Lipinski definition) is 1. The number of para-hydroxylation sites is 1. The van der Waals surface area contributed by atoms with Gasteiger partial charge >= 0.3 is 0 Å². The molecule has 0 atom stereocenters. The summed E-state index contributed by atoms with van der Waals surface area (Å²) in [4.78, 5) is 1.80. The second-order valence-corrected chi connectivity index (χ2v) is 4.87. The second-order valence-electron chi connectivity index (χ2n) is 4.01. The average Bonchev–Trinajstić information content (AvgIpc) is 2.40. The molecular weight excluding hydrogens is 300 g/mol. The first-order chi connectivity index (χ1) is 8.59. The van der Waals surface area contributed by atoms with Crippen LogP contribution in [0.25, 0.3) is 0 Å². The van der Waals surface area contributed by atoms with Crippen LogP contribution in [0.3, 0.4) is 0 Å². The summed E-state index contributed by atoms with van der Waals surface area (Å²) in [5, 5.41) is 0. The SMILES string of the molecule is CN(Cc1c(F)ccc(Br)c1F)c1ccccc1. The third-order valence-corrected chi connectivity index (χ3v) is 3.34. The molecule has 18 heavy (non-hydrogen) atoms. The van der Waals surface area contributed by atoms with Crippen molar-refractivity contribution in [2.75, 3.05) is 11.9 Å². The van der Waals surface area contributed by atoms with Gasteiger partial charge in [0.1, 0.15) is 11.6 Å². The molecule has 0 N–H and O–H groups in total. The molecule has 0 aliphatic carbocycles. The number of hydrogen-bond donors (Lipinski definition) is 0. The van der Waals surface area contributed by atoms with Gasteiger partial charge in [-0.15, -0.1) is 0 Å². The van der Waals surface area contributed by atoms with E-state index in [-0.39, 0.29) is 16.6 Å². The minimum atomic E-state index is -0.544. The fraction of sp³-hybridized carbons (Fsp3) is 0.143. The van der Waals surface area contributed by atoms with Gasteiger partial charge < -0.3 is 4.90 Å². The molecule has 0 amide bonds. The van der Waals surface area contributed by atoms with Crippen molar-refractivity contribution in [2.45, 2.75) is 6.54 Å². The van der Waals surface area contributed by atoms with Crippen LogP contribution in [0, 0.1) is 11.6 Å². The van der Waals surface area contributed by atoms with Crippen molar-refractivity contribution >= 4 is 21.6 Å². The highest BCUT2D eigenvalue weighted by Gasteiger charge is 2.14. The Kier molecular flexibility index (Phi) is 3.97. The summed E-state index contributed by atoms with van der Waals surface area (Å²) < 4.78 is 27.7. The molecule has 2 aromatic rings. The standard InChI is InChI=1S/C14H12BrF2N/c1-18(10-5-3-2-4-6-10)9-11-13(16)8-7-12(15)14(11)17/h2-8H,9H2,1H3. The number of rotatable bonds is 3. The summed E-state index contributed by atoms with van der Waals surface area (Å²) in [6.45, 7) is 0.182. The minimum absolute atomic E-state index is 0.0655. The summed E-state index contributed by atoms with van der Waals surface area (Å²) >= 11 is 3.07. The van der Waals surface area contributed by atoms with Gasteiger partial charge in [-0.05, 0) is 40.2 Å². The van der Waals surface area contributed by atoms with E-state index >= 15 is 0 Å². The van der Waals surface area contributed by atoms with E-state index in [4.69, 9.17) is 0 Å². The Morgan fingerprint density at radius 2 is 1.72 bits per heavy atom. The molecule has 0 aliphatic heterocycles. The van der Waals surface area contributed by atoms with Crippen molar-refractivity contribution in [3.05, 3.63) is 64.1 Å². The van der Waals surface area contributed by atoms with E-state index in [9.17, 15) is 8.78 Å². The largest absolute Gasteiger partial charge is 0.370 e. The van der Waals surface area contributed by atoms with Crippen LogP contribution in [0.5, 0.6) is 0 Å². The molecule has 94 valence electrons. The molecule has 0 saturated heterocycles. The van der Waals surface area contributed by atoms with Crippen LogP contribution in [0.4, 0.5) is 14.5 Å². The lowest BCUT2D eigenvalue weighted by atomic mass is 10.1. The van der Waals surface area contributed by atoms with E-state index in [1.54, 1.807) is 11.9 Å². The van der Waals surface area contributed by atoms with Crippen LogP contribution in [-0.4, -0.2) is 7.05 Å². The van der Waals surface area contributed by atoms with E-state index in [2.05, 4.69) is 15.9 Å². The zero-order chi connectivity index (χ0) is 13.1. The number of anilines is 1. The summed E-state index contributed by atoms with van der Waals surface area (Å²) in [5.41, 5.74) is 0.979. The molecule has 0 unspecified atom stereocenters. The third kappa shape index (κ3) is 2.70. The van der Waals surface area contributed by atoms with Crippen LogP contribution in [0.2, 0.25) is 0 Å². The van der Waals surface area contributed by atoms with Gasteiger partial charge in [-0.2, -0.15) is 0 Å². The maximum absolute atomic E-state index is 13.8. The van der Waals surface area contributed by atoms with Crippen molar-refractivity contribution in [3.8, 4) is 0 Å². The predicted octanol–water partition coefficient (Wildman–Crippen LogP) is 4.36. The van der Waals surface area contributed by atoms with Gasteiger partial charge in [0.05, 0.1) is 4.47 Å². The fourth-order valence-electron chi connectivity index (χ4n) is 1.72. The van der Waals surface area contributed by atoms with Crippen LogP contribution in [0.1, 0.15) is 5.56 Å². The number of halogens is 3. The van der Waals surface area contributed by atoms with Gasteiger partial charge in [0.25, 0.3) is 0 Å². The quantitative estimate of drug-likeness (QED) is 0.761. The van der Waals surface area contributed by atoms with E-state index in [1.165, 1.54) is 12.1 Å². The van der Waals surface area contributed by atoms with Crippen molar-refractivity contribution in [3.63, 3.8) is 0 Å². The molecule has 0 bridgehead atoms. The lowest BCUT2D eigenvalue weighted by molar-refractivity contribution is 0.549. The monoisotopic (exact) mass is 311 g/mol. The highest BCUT2D eigenvalue weighted by molar-refractivity contribution is 9.10. The van der Waals surface area contributed by atoms with Crippen LogP contribution in [-0.2, 0) is 6.54 Å². The van der Waals surface area contributed by atoms with Gasteiger partial charge in [0, 0.05) is 24.8 Å². The average molecular weight is 312 g/mol. The van der Waals surface area contributed by atoms with E-state index < -0.39 is 11.6 Å². The van der Waals surface area contributed by atoms with E-state index in [1.807, 2.05) is 30.3 Å². The first-order valence-corrected chi connectivity index (χ1v) is 6.27. The number of nitrogens with zero attached hydrogens (tertiary/aromatic N) is 1. The molecule has 0 radical (unpaired) electrons. The summed E-state index contributed by atoms with van der Waals surface area (Å²) in [7, 11) is 1.80. The van der Waals surface area contributed by atoms with Gasteiger partial charge in [0.15, 0.2) is 0 Å². The summed E-state index contributed by atoms with van der Waals surface area (Å²) in [6.07, 6.45) is 0. The molecule has 0 heterocycles. The molecule has 4 heteroatoms. The third-order valence-electron chi connectivity index (χ3n) is 2.73. The first-order valence-electron chi connectivity index (χ1n) is 5.48. The second kappa shape index (κ2) is 5.48. The minimum Gasteiger partial charge on any atom is -0.370 e.